The monoisotopic (exact) mass is 805 g/mol. The Morgan fingerprint density at radius 3 is 2.12 bits per heavy atom. The molecule has 2 aromatic heterocycles. The van der Waals surface area contributed by atoms with Crippen molar-refractivity contribution in [1.29, 1.82) is 0 Å². The fourth-order valence-electron chi connectivity index (χ4n) is 11.6. The minimum absolute atomic E-state index is 0.0553. The van der Waals surface area contributed by atoms with Crippen LogP contribution in [0.2, 0.25) is 0 Å². The molecule has 0 unspecified atom stereocenters. The predicted molar refractivity (Wildman–Crippen MR) is 193 cm³/mol. The summed E-state index contributed by atoms with van der Waals surface area (Å²) in [6, 6.07) is 4.75. The molecule has 6 aliphatic carbocycles. The number of fused-ring (bicyclic) bond motifs is 1. The average Bonchev–Trinajstić information content (AvgIpc) is 3.72. The highest BCUT2D eigenvalue weighted by molar-refractivity contribution is 6.00. The molecule has 3 aromatic rings. The van der Waals surface area contributed by atoms with E-state index in [1.165, 1.54) is 0 Å². The summed E-state index contributed by atoms with van der Waals surface area (Å²) < 4.78 is 109. The highest BCUT2D eigenvalue weighted by atomic mass is 19.4. The normalized spacial score (nSPS) is 32.5. The van der Waals surface area contributed by atoms with E-state index >= 15 is 0 Å². The van der Waals surface area contributed by atoms with E-state index in [4.69, 9.17) is 4.74 Å². The summed E-state index contributed by atoms with van der Waals surface area (Å²) in [5, 5.41) is 13.5. The van der Waals surface area contributed by atoms with Gasteiger partial charge in [-0.05, 0) is 106 Å². The van der Waals surface area contributed by atoms with E-state index in [2.05, 4.69) is 15.3 Å². The Bertz CT molecular complexity index is 2020. The van der Waals surface area contributed by atoms with Crippen molar-refractivity contribution >= 4 is 22.8 Å². The number of hydrogen-bond acceptors (Lipinski definition) is 6. The zero-order valence-corrected chi connectivity index (χ0v) is 31.3. The van der Waals surface area contributed by atoms with Crippen LogP contribution < -0.4 is 10.1 Å². The number of nitrogens with one attached hydrogen (secondary N) is 1. The summed E-state index contributed by atoms with van der Waals surface area (Å²) in [6.07, 6.45) is 2.60. The number of carboxylic acids is 1. The SMILES string of the molecule is O=C(NC1(C(=O)O)C2CC3CC(C2)CC1C3)c1cnc(-c2cn(C3CCC(F)(F)CC3)c3cc(OC4CCC(N5CCC(F)(F)C5)CC4)ccc23)nc1C(F)(F)F. The second-order valence-corrected chi connectivity index (χ2v) is 17.7. The van der Waals surface area contributed by atoms with Gasteiger partial charge >= 0.3 is 12.1 Å². The van der Waals surface area contributed by atoms with Gasteiger partial charge in [-0.2, -0.15) is 13.2 Å². The molecule has 1 amide bonds. The summed E-state index contributed by atoms with van der Waals surface area (Å²) >= 11 is 0. The van der Waals surface area contributed by atoms with Crippen LogP contribution in [0.1, 0.15) is 112 Å². The van der Waals surface area contributed by atoms with E-state index in [9.17, 15) is 45.4 Å². The highest BCUT2D eigenvalue weighted by Crippen LogP contribution is 2.58. The molecule has 1 aromatic carbocycles. The summed E-state index contributed by atoms with van der Waals surface area (Å²) in [5.41, 5.74) is -3.31. The van der Waals surface area contributed by atoms with Crippen LogP contribution >= 0.6 is 0 Å². The molecule has 7 aliphatic rings. The first-order valence-electron chi connectivity index (χ1n) is 20.3. The van der Waals surface area contributed by atoms with Crippen LogP contribution in [0.25, 0.3) is 22.3 Å². The van der Waals surface area contributed by atoms with Gasteiger partial charge in [0.2, 0.25) is 5.92 Å². The molecule has 7 fully saturated rings. The van der Waals surface area contributed by atoms with Gasteiger partial charge in [-0.15, -0.1) is 0 Å². The van der Waals surface area contributed by atoms with Gasteiger partial charge in [0.15, 0.2) is 11.5 Å². The van der Waals surface area contributed by atoms with E-state index in [0.717, 1.165) is 12.6 Å². The number of nitrogens with zero attached hydrogens (tertiary/aromatic N) is 4. The van der Waals surface area contributed by atoms with Crippen LogP contribution in [-0.4, -0.2) is 79.0 Å². The largest absolute Gasteiger partial charge is 0.490 e. The van der Waals surface area contributed by atoms with E-state index in [-0.39, 0.29) is 74.0 Å². The molecule has 57 heavy (non-hydrogen) atoms. The molecule has 1 aliphatic heterocycles. The van der Waals surface area contributed by atoms with Crippen LogP contribution in [0, 0.1) is 23.7 Å². The summed E-state index contributed by atoms with van der Waals surface area (Å²) in [5.74, 6) is -7.84. The first kappa shape index (κ1) is 38.6. The molecular formula is C41H46F7N5O4. The van der Waals surface area contributed by atoms with Gasteiger partial charge in [0.25, 0.3) is 11.8 Å². The van der Waals surface area contributed by atoms with Crippen LogP contribution in [0.5, 0.6) is 5.75 Å². The minimum atomic E-state index is -5.10. The van der Waals surface area contributed by atoms with Gasteiger partial charge in [-0.1, -0.05) is 0 Å². The van der Waals surface area contributed by atoms with Gasteiger partial charge < -0.3 is 19.7 Å². The number of halogens is 7. The lowest BCUT2D eigenvalue weighted by Crippen LogP contribution is -2.70. The maximum atomic E-state index is 14.8. The quantitative estimate of drug-likeness (QED) is 0.219. The predicted octanol–water partition coefficient (Wildman–Crippen LogP) is 8.91. The number of ether oxygens (including phenoxy) is 1. The standard InChI is InChI=1S/C41H46F7N5O4/c42-38(43)9-7-27(8-10-38)53-20-32(30-6-5-29(18-33(30)53)57-28-3-1-26(2-4-28)52-12-11-39(44,45)21-52)35-49-19-31(34(50-35)41(46,47)48)36(54)51-40(37(55)56)24-14-22-13-23(16-24)17-25(40)15-22/h5-6,18-20,22-28H,1-4,7-17,21H2,(H,51,54)(H,55,56). The van der Waals surface area contributed by atoms with Crippen molar-refractivity contribution in [1.82, 2.24) is 24.8 Å². The molecule has 1 saturated heterocycles. The smallest absolute Gasteiger partial charge is 0.434 e. The Labute approximate surface area is 324 Å². The lowest BCUT2D eigenvalue weighted by Gasteiger charge is -2.59. The van der Waals surface area contributed by atoms with Gasteiger partial charge in [0.1, 0.15) is 11.3 Å². The summed E-state index contributed by atoms with van der Waals surface area (Å²) in [6.45, 7) is 0.132. The van der Waals surface area contributed by atoms with Gasteiger partial charge in [0, 0.05) is 67.3 Å². The van der Waals surface area contributed by atoms with Crippen molar-refractivity contribution in [3.8, 4) is 17.1 Å². The molecule has 2 N–H and O–H groups in total. The van der Waals surface area contributed by atoms with E-state index in [1.54, 1.807) is 29.0 Å². The van der Waals surface area contributed by atoms with Gasteiger partial charge in [-0.3, -0.25) is 9.69 Å². The van der Waals surface area contributed by atoms with Crippen molar-refractivity contribution in [2.24, 2.45) is 23.7 Å². The summed E-state index contributed by atoms with van der Waals surface area (Å²) in [4.78, 5) is 36.7. The number of carboxylic acid groups (broad SMARTS) is 1. The Morgan fingerprint density at radius 2 is 1.53 bits per heavy atom. The summed E-state index contributed by atoms with van der Waals surface area (Å²) in [7, 11) is 0. The molecule has 9 nitrogen and oxygen atoms in total. The van der Waals surface area contributed by atoms with Crippen molar-refractivity contribution in [3.05, 3.63) is 41.9 Å². The van der Waals surface area contributed by atoms with E-state index in [0.29, 0.717) is 86.4 Å². The molecule has 4 bridgehead atoms. The van der Waals surface area contributed by atoms with Crippen molar-refractivity contribution < 1.29 is 50.2 Å². The van der Waals surface area contributed by atoms with Crippen molar-refractivity contribution in [3.63, 3.8) is 0 Å². The molecule has 0 radical (unpaired) electrons. The fourth-order valence-corrected chi connectivity index (χ4v) is 11.6. The van der Waals surface area contributed by atoms with Crippen LogP contribution in [0.15, 0.2) is 30.6 Å². The molecule has 3 heterocycles. The first-order valence-corrected chi connectivity index (χ1v) is 20.3. The average molecular weight is 806 g/mol. The number of likely N-dealkylation sites (tertiary alicyclic amines) is 1. The third-order valence-corrected chi connectivity index (χ3v) is 14.2. The number of aromatic nitrogens is 3. The maximum absolute atomic E-state index is 14.8. The van der Waals surface area contributed by atoms with Crippen molar-refractivity contribution in [2.45, 2.75) is 132 Å². The zero-order chi connectivity index (χ0) is 40.1. The number of aliphatic carboxylic acids is 1. The number of alkyl halides is 7. The lowest BCUT2D eigenvalue weighted by atomic mass is 9.48. The Morgan fingerprint density at radius 1 is 0.860 bits per heavy atom. The maximum Gasteiger partial charge on any atom is 0.434 e. The number of carbonyl (C=O) groups is 2. The second kappa shape index (κ2) is 13.8. The third-order valence-electron chi connectivity index (χ3n) is 14.2. The number of amides is 1. The fraction of sp³-hybridized carbons (Fsp3) is 0.659. The van der Waals surface area contributed by atoms with E-state index < -0.39 is 52.7 Å². The number of rotatable bonds is 8. The highest BCUT2D eigenvalue weighted by Gasteiger charge is 2.62. The molecular weight excluding hydrogens is 759 g/mol. The Balaban J connectivity index is 1.01. The third kappa shape index (κ3) is 7.04. The Hall–Kier alpha value is -3.95. The molecule has 6 saturated carbocycles. The van der Waals surface area contributed by atoms with Crippen LogP contribution in [0.3, 0.4) is 0 Å². The molecule has 0 spiro atoms. The zero-order valence-electron chi connectivity index (χ0n) is 31.3. The molecule has 16 heteroatoms. The second-order valence-electron chi connectivity index (χ2n) is 17.7. The van der Waals surface area contributed by atoms with Crippen LogP contribution in [-0.2, 0) is 11.0 Å². The molecule has 0 atom stereocenters. The van der Waals surface area contributed by atoms with Crippen LogP contribution in [0.4, 0.5) is 30.7 Å². The topological polar surface area (TPSA) is 110 Å². The lowest BCUT2D eigenvalue weighted by molar-refractivity contribution is -0.163. The van der Waals surface area contributed by atoms with Gasteiger partial charge in [0.05, 0.1) is 23.7 Å². The first-order chi connectivity index (χ1) is 27.0. The van der Waals surface area contributed by atoms with Gasteiger partial charge in [-0.25, -0.2) is 32.3 Å². The molecule has 308 valence electrons. The minimum Gasteiger partial charge on any atom is -0.490 e. The number of benzene rings is 1. The van der Waals surface area contributed by atoms with Crippen molar-refractivity contribution in [2.75, 3.05) is 13.1 Å². The number of hydrogen-bond donors (Lipinski definition) is 2. The number of carbonyl (C=O) groups excluding carboxylic acids is 1. The van der Waals surface area contributed by atoms with E-state index in [1.807, 2.05) is 4.90 Å². The Kier molecular flexibility index (Phi) is 9.35. The molecule has 10 rings (SSSR count).